The number of halogens is 1. The average Bonchev–Trinajstić information content (AvgIpc) is 2.83. The fraction of sp³-hybridized carbons (Fsp3) is 0.294. The van der Waals surface area contributed by atoms with Crippen molar-refractivity contribution in [2.75, 3.05) is 5.32 Å². The molecule has 0 unspecified atom stereocenters. The van der Waals surface area contributed by atoms with Crippen LogP contribution in [-0.4, -0.2) is 25.4 Å². The van der Waals surface area contributed by atoms with Crippen LogP contribution in [0.4, 0.5) is 10.2 Å². The number of nitrogens with one attached hydrogen (secondary N) is 1. The highest BCUT2D eigenvalue weighted by Crippen LogP contribution is 2.31. The van der Waals surface area contributed by atoms with Crippen molar-refractivity contribution in [3.63, 3.8) is 0 Å². The normalized spacial score (nSPS) is 11.7. The lowest BCUT2D eigenvalue weighted by Gasteiger charge is -2.13. The molecule has 0 aliphatic rings. The Bertz CT molecular complexity index is 926. The third kappa shape index (κ3) is 2.97. The van der Waals surface area contributed by atoms with Crippen LogP contribution in [0, 0.1) is 0 Å². The van der Waals surface area contributed by atoms with Crippen molar-refractivity contribution in [3.8, 4) is 11.3 Å². The first kappa shape index (κ1) is 16.0. The highest BCUT2D eigenvalue weighted by atomic mass is 19.1. The van der Waals surface area contributed by atoms with Crippen LogP contribution in [0.2, 0.25) is 0 Å². The van der Waals surface area contributed by atoms with Crippen molar-refractivity contribution < 1.29 is 9.18 Å². The van der Waals surface area contributed by atoms with Crippen molar-refractivity contribution in [3.05, 3.63) is 36.5 Å². The Hall–Kier alpha value is -2.83. The topological polar surface area (TPSA) is 72.7 Å². The standard InChI is InChI=1S/C17H18FN5O/c1-10(24)21-16-5-11-12(9-23(4)14(11)7-20-16)13-6-19-8-15(22-13)17(2,3)18/h5-9H,1-4H3,(H,20,21,24). The van der Waals surface area contributed by atoms with E-state index in [0.29, 0.717) is 11.5 Å². The van der Waals surface area contributed by atoms with Gasteiger partial charge in [0, 0.05) is 31.1 Å². The summed E-state index contributed by atoms with van der Waals surface area (Å²) in [5.74, 6) is 0.262. The van der Waals surface area contributed by atoms with Gasteiger partial charge in [-0.3, -0.25) is 9.78 Å². The minimum atomic E-state index is -1.57. The molecule has 0 aromatic carbocycles. The molecule has 0 saturated carbocycles. The van der Waals surface area contributed by atoms with Gasteiger partial charge in [0.05, 0.1) is 35.5 Å². The maximum Gasteiger partial charge on any atom is 0.222 e. The third-order valence-electron chi connectivity index (χ3n) is 3.70. The molecule has 7 heteroatoms. The molecular formula is C17H18FN5O. The van der Waals surface area contributed by atoms with Gasteiger partial charge in [-0.1, -0.05) is 0 Å². The largest absolute Gasteiger partial charge is 0.349 e. The summed E-state index contributed by atoms with van der Waals surface area (Å²) in [6, 6.07) is 1.78. The first-order valence-corrected chi connectivity index (χ1v) is 7.50. The maximum atomic E-state index is 14.2. The van der Waals surface area contributed by atoms with Crippen LogP contribution in [0.3, 0.4) is 0 Å². The summed E-state index contributed by atoms with van der Waals surface area (Å²) in [5.41, 5.74) is 0.958. The number of carbonyl (C=O) groups excluding carboxylic acids is 1. The molecule has 0 bridgehead atoms. The van der Waals surface area contributed by atoms with E-state index in [4.69, 9.17) is 0 Å². The summed E-state index contributed by atoms with van der Waals surface area (Å²) in [4.78, 5) is 24.0. The van der Waals surface area contributed by atoms with E-state index in [2.05, 4.69) is 20.3 Å². The third-order valence-corrected chi connectivity index (χ3v) is 3.70. The number of hydrogen-bond donors (Lipinski definition) is 1. The minimum Gasteiger partial charge on any atom is -0.349 e. The summed E-state index contributed by atoms with van der Waals surface area (Å²) >= 11 is 0. The molecule has 6 nitrogen and oxygen atoms in total. The molecular weight excluding hydrogens is 309 g/mol. The molecule has 0 radical (unpaired) electrons. The Balaban J connectivity index is 2.17. The fourth-order valence-corrected chi connectivity index (χ4v) is 2.51. The lowest BCUT2D eigenvalue weighted by molar-refractivity contribution is -0.114. The molecule has 0 spiro atoms. The number of rotatable bonds is 3. The number of fused-ring (bicyclic) bond motifs is 1. The highest BCUT2D eigenvalue weighted by molar-refractivity contribution is 5.98. The van der Waals surface area contributed by atoms with Crippen LogP contribution >= 0.6 is 0 Å². The van der Waals surface area contributed by atoms with Crippen LogP contribution in [0.25, 0.3) is 22.2 Å². The number of amides is 1. The van der Waals surface area contributed by atoms with Crippen molar-refractivity contribution in [1.29, 1.82) is 0 Å². The Morgan fingerprint density at radius 2 is 2.04 bits per heavy atom. The van der Waals surface area contributed by atoms with Gasteiger partial charge in [0.15, 0.2) is 0 Å². The molecule has 1 amide bonds. The lowest BCUT2D eigenvalue weighted by Crippen LogP contribution is -2.12. The smallest absolute Gasteiger partial charge is 0.222 e. The van der Waals surface area contributed by atoms with Crippen molar-refractivity contribution in [2.45, 2.75) is 26.4 Å². The number of nitrogens with zero attached hydrogens (tertiary/aromatic N) is 4. The van der Waals surface area contributed by atoms with Gasteiger partial charge in [-0.25, -0.2) is 14.4 Å². The summed E-state index contributed by atoms with van der Waals surface area (Å²) < 4.78 is 16.1. The quantitative estimate of drug-likeness (QED) is 0.802. The maximum absolute atomic E-state index is 14.2. The first-order chi connectivity index (χ1) is 11.3. The predicted molar refractivity (Wildman–Crippen MR) is 90.2 cm³/mol. The summed E-state index contributed by atoms with van der Waals surface area (Å²) in [6.07, 6.45) is 6.60. The number of alkyl halides is 1. The van der Waals surface area contributed by atoms with Gasteiger partial charge in [-0.15, -0.1) is 0 Å². The van der Waals surface area contributed by atoms with E-state index in [9.17, 15) is 9.18 Å². The number of pyridine rings is 1. The number of aromatic nitrogens is 4. The summed E-state index contributed by atoms with van der Waals surface area (Å²) in [6.45, 7) is 4.32. The van der Waals surface area contributed by atoms with Crippen LogP contribution in [0.5, 0.6) is 0 Å². The zero-order valence-electron chi connectivity index (χ0n) is 14.0. The van der Waals surface area contributed by atoms with Gasteiger partial charge in [-0.2, -0.15) is 0 Å². The molecule has 0 saturated heterocycles. The van der Waals surface area contributed by atoms with E-state index in [1.165, 1.54) is 27.0 Å². The van der Waals surface area contributed by atoms with Crippen LogP contribution in [-0.2, 0) is 17.5 Å². The first-order valence-electron chi connectivity index (χ1n) is 7.50. The van der Waals surface area contributed by atoms with Gasteiger partial charge in [0.1, 0.15) is 11.5 Å². The SMILES string of the molecule is CC(=O)Nc1cc2c(-c3cncc(C(C)(C)F)n3)cn(C)c2cn1. The summed E-state index contributed by atoms with van der Waals surface area (Å²) in [7, 11) is 1.89. The number of aryl methyl sites for hydroxylation is 1. The van der Waals surface area contributed by atoms with Crippen LogP contribution in [0.15, 0.2) is 30.9 Å². The number of carbonyl (C=O) groups is 1. The van der Waals surface area contributed by atoms with Crippen molar-refractivity contribution in [2.24, 2.45) is 7.05 Å². The Morgan fingerprint density at radius 3 is 2.71 bits per heavy atom. The molecule has 24 heavy (non-hydrogen) atoms. The molecule has 3 heterocycles. The van der Waals surface area contributed by atoms with Crippen LogP contribution in [0.1, 0.15) is 26.5 Å². The van der Waals surface area contributed by atoms with Gasteiger partial charge in [0.25, 0.3) is 0 Å². The molecule has 3 aromatic rings. The van der Waals surface area contributed by atoms with E-state index in [0.717, 1.165) is 16.5 Å². The van der Waals surface area contributed by atoms with E-state index < -0.39 is 5.67 Å². The molecule has 124 valence electrons. The zero-order chi connectivity index (χ0) is 17.5. The van der Waals surface area contributed by atoms with Gasteiger partial charge >= 0.3 is 0 Å². The Labute approximate surface area is 138 Å². The van der Waals surface area contributed by atoms with E-state index in [1.54, 1.807) is 18.5 Å². The van der Waals surface area contributed by atoms with Gasteiger partial charge < -0.3 is 9.88 Å². The second kappa shape index (κ2) is 5.67. The molecule has 0 aliphatic carbocycles. The summed E-state index contributed by atoms with van der Waals surface area (Å²) in [5, 5.41) is 3.53. The van der Waals surface area contributed by atoms with E-state index in [-0.39, 0.29) is 11.6 Å². The average molecular weight is 327 g/mol. The van der Waals surface area contributed by atoms with Gasteiger partial charge in [-0.05, 0) is 19.9 Å². The van der Waals surface area contributed by atoms with E-state index in [1.807, 2.05) is 17.8 Å². The second-order valence-electron chi connectivity index (χ2n) is 6.18. The fourth-order valence-electron chi connectivity index (χ4n) is 2.51. The Kier molecular flexibility index (Phi) is 3.79. The second-order valence-corrected chi connectivity index (χ2v) is 6.18. The lowest BCUT2D eigenvalue weighted by atomic mass is 10.1. The molecule has 3 rings (SSSR count). The molecule has 3 aromatic heterocycles. The molecule has 0 fully saturated rings. The molecule has 0 atom stereocenters. The number of anilines is 1. The van der Waals surface area contributed by atoms with Gasteiger partial charge in [0.2, 0.25) is 5.91 Å². The molecule has 1 N–H and O–H groups in total. The van der Waals surface area contributed by atoms with E-state index >= 15 is 0 Å². The van der Waals surface area contributed by atoms with Crippen LogP contribution < -0.4 is 5.32 Å². The highest BCUT2D eigenvalue weighted by Gasteiger charge is 2.22. The van der Waals surface area contributed by atoms with Crippen molar-refractivity contribution in [1.82, 2.24) is 19.5 Å². The number of hydrogen-bond acceptors (Lipinski definition) is 4. The Morgan fingerprint density at radius 1 is 1.29 bits per heavy atom. The zero-order valence-corrected chi connectivity index (χ0v) is 14.0. The predicted octanol–water partition coefficient (Wildman–Crippen LogP) is 3.19. The monoisotopic (exact) mass is 327 g/mol. The molecule has 0 aliphatic heterocycles. The van der Waals surface area contributed by atoms with Crippen molar-refractivity contribution >= 4 is 22.6 Å². The minimum absolute atomic E-state index is 0.194.